The lowest BCUT2D eigenvalue weighted by molar-refractivity contribution is -0.144. The normalized spacial score (nSPS) is 15.9. The number of sulfone groups is 1. The molecule has 1 aromatic heterocycles. The van der Waals surface area contributed by atoms with Crippen LogP contribution in [0.1, 0.15) is 31.4 Å². The molecule has 0 bridgehead atoms. The van der Waals surface area contributed by atoms with Crippen molar-refractivity contribution in [3.63, 3.8) is 0 Å². The van der Waals surface area contributed by atoms with Crippen LogP contribution in [0.2, 0.25) is 10.0 Å². The molecule has 5 nitrogen and oxygen atoms in total. The maximum absolute atomic E-state index is 13.0. The standard InChI is InChI=1S/C17H15Cl2F3N2O3S/c1-24-15(17(20,21)22)8-13(25)16(23-24)10-6-14(12(19)7-11(10)18)28(26,27)9-4-2-3-5-9/h6-9H,2-5H2,1H3. The van der Waals surface area contributed by atoms with Gasteiger partial charge in [-0.15, -0.1) is 0 Å². The SMILES string of the molecule is Cn1nc(-c2cc(S(=O)(=O)C3CCCC3)c(Cl)cc2Cl)c(=O)cc1C(F)(F)F. The average molecular weight is 455 g/mol. The second-order valence-electron chi connectivity index (χ2n) is 6.58. The summed E-state index contributed by atoms with van der Waals surface area (Å²) < 4.78 is 65.2. The van der Waals surface area contributed by atoms with E-state index in [1.807, 2.05) is 0 Å². The molecule has 0 amide bonds. The Kier molecular flexibility index (Phi) is 5.55. The van der Waals surface area contributed by atoms with Gasteiger partial charge in [0.05, 0.1) is 20.2 Å². The first kappa shape index (κ1) is 21.1. The van der Waals surface area contributed by atoms with Gasteiger partial charge < -0.3 is 0 Å². The summed E-state index contributed by atoms with van der Waals surface area (Å²) >= 11 is 12.2. The second-order valence-corrected chi connectivity index (χ2v) is 9.59. The van der Waals surface area contributed by atoms with E-state index in [1.54, 1.807) is 0 Å². The molecule has 28 heavy (non-hydrogen) atoms. The zero-order valence-electron chi connectivity index (χ0n) is 14.6. The first-order valence-electron chi connectivity index (χ1n) is 8.32. The van der Waals surface area contributed by atoms with E-state index in [0.717, 1.165) is 26.0 Å². The van der Waals surface area contributed by atoms with Gasteiger partial charge in [-0.1, -0.05) is 36.0 Å². The van der Waals surface area contributed by atoms with E-state index in [1.165, 1.54) is 6.07 Å². The van der Waals surface area contributed by atoms with Crippen LogP contribution < -0.4 is 5.43 Å². The van der Waals surface area contributed by atoms with E-state index in [0.29, 0.717) is 23.6 Å². The molecule has 1 aliphatic carbocycles. The number of halogens is 5. The quantitative estimate of drug-likeness (QED) is 0.684. The Morgan fingerprint density at radius 3 is 2.29 bits per heavy atom. The van der Waals surface area contributed by atoms with Gasteiger partial charge in [-0.3, -0.25) is 9.48 Å². The molecule has 1 aliphatic rings. The van der Waals surface area contributed by atoms with Gasteiger partial charge in [-0.25, -0.2) is 8.42 Å². The summed E-state index contributed by atoms with van der Waals surface area (Å²) in [7, 11) is -2.74. The third-order valence-corrected chi connectivity index (χ3v) is 7.75. The smallest absolute Gasteiger partial charge is 0.287 e. The van der Waals surface area contributed by atoms with Crippen LogP contribution in [-0.4, -0.2) is 23.4 Å². The highest BCUT2D eigenvalue weighted by molar-refractivity contribution is 7.92. The molecule has 0 atom stereocenters. The van der Waals surface area contributed by atoms with Gasteiger partial charge in [0.2, 0.25) is 5.43 Å². The number of benzene rings is 1. The van der Waals surface area contributed by atoms with Gasteiger partial charge in [0.1, 0.15) is 11.4 Å². The molecular formula is C17H15Cl2F3N2O3S. The summed E-state index contributed by atoms with van der Waals surface area (Å²) in [5.41, 5.74) is -2.74. The fourth-order valence-corrected chi connectivity index (χ4v) is 6.02. The number of rotatable bonds is 3. The van der Waals surface area contributed by atoms with Crippen molar-refractivity contribution in [3.8, 4) is 11.3 Å². The number of aromatic nitrogens is 2. The van der Waals surface area contributed by atoms with E-state index in [-0.39, 0.29) is 26.2 Å². The lowest BCUT2D eigenvalue weighted by atomic mass is 10.1. The summed E-state index contributed by atoms with van der Waals surface area (Å²) in [5, 5.41) is 2.90. The Labute approximate surface area is 169 Å². The number of hydrogen-bond acceptors (Lipinski definition) is 4. The highest BCUT2D eigenvalue weighted by Crippen LogP contribution is 2.38. The van der Waals surface area contributed by atoms with Crippen LogP contribution in [0, 0.1) is 0 Å². The molecule has 1 fully saturated rings. The topological polar surface area (TPSA) is 69.0 Å². The Hall–Kier alpha value is -1.58. The van der Waals surface area contributed by atoms with E-state index in [9.17, 15) is 26.4 Å². The second kappa shape index (κ2) is 7.35. The van der Waals surface area contributed by atoms with E-state index in [2.05, 4.69) is 5.10 Å². The Bertz CT molecular complexity index is 1090. The third-order valence-electron chi connectivity index (χ3n) is 4.71. The number of nitrogens with zero attached hydrogens (tertiary/aromatic N) is 2. The molecule has 1 saturated carbocycles. The Morgan fingerprint density at radius 2 is 1.71 bits per heavy atom. The van der Waals surface area contributed by atoms with Gasteiger partial charge in [0, 0.05) is 18.7 Å². The molecule has 0 radical (unpaired) electrons. The summed E-state index contributed by atoms with van der Waals surface area (Å²) in [6, 6.07) is 2.69. The fourth-order valence-electron chi connectivity index (χ4n) is 3.30. The molecule has 0 saturated heterocycles. The van der Waals surface area contributed by atoms with Crippen LogP contribution in [-0.2, 0) is 23.1 Å². The summed E-state index contributed by atoms with van der Waals surface area (Å²) in [6.45, 7) is 0. The highest BCUT2D eigenvalue weighted by Gasteiger charge is 2.35. The van der Waals surface area contributed by atoms with Crippen molar-refractivity contribution in [1.82, 2.24) is 9.78 Å². The van der Waals surface area contributed by atoms with Crippen molar-refractivity contribution in [2.45, 2.75) is 42.0 Å². The fraction of sp³-hybridized carbons (Fsp3) is 0.412. The minimum Gasteiger partial charge on any atom is -0.287 e. The van der Waals surface area contributed by atoms with Crippen LogP contribution in [0.15, 0.2) is 27.9 Å². The number of alkyl halides is 3. The maximum atomic E-state index is 13.0. The molecule has 11 heteroatoms. The number of aryl methyl sites for hydroxylation is 1. The van der Waals surface area contributed by atoms with Crippen LogP contribution in [0.4, 0.5) is 13.2 Å². The van der Waals surface area contributed by atoms with Crippen LogP contribution >= 0.6 is 23.2 Å². The lowest BCUT2D eigenvalue weighted by Crippen LogP contribution is -2.23. The van der Waals surface area contributed by atoms with Crippen molar-refractivity contribution >= 4 is 33.0 Å². The Balaban J connectivity index is 2.19. The van der Waals surface area contributed by atoms with Gasteiger partial charge in [-0.05, 0) is 25.0 Å². The lowest BCUT2D eigenvalue weighted by Gasteiger charge is -2.16. The van der Waals surface area contributed by atoms with Gasteiger partial charge in [-0.2, -0.15) is 18.3 Å². The van der Waals surface area contributed by atoms with Gasteiger partial charge >= 0.3 is 6.18 Å². The molecule has 0 spiro atoms. The Morgan fingerprint density at radius 1 is 1.11 bits per heavy atom. The first-order chi connectivity index (χ1) is 12.9. The molecular weight excluding hydrogens is 440 g/mol. The van der Waals surface area contributed by atoms with E-state index in [4.69, 9.17) is 23.2 Å². The highest BCUT2D eigenvalue weighted by atomic mass is 35.5. The van der Waals surface area contributed by atoms with Crippen LogP contribution in [0.3, 0.4) is 0 Å². The van der Waals surface area contributed by atoms with Crippen molar-refractivity contribution in [3.05, 3.63) is 44.2 Å². The van der Waals surface area contributed by atoms with Crippen molar-refractivity contribution in [1.29, 1.82) is 0 Å². The molecule has 1 aromatic carbocycles. The zero-order valence-corrected chi connectivity index (χ0v) is 16.9. The van der Waals surface area contributed by atoms with Crippen LogP contribution in [0.25, 0.3) is 11.3 Å². The molecule has 2 aromatic rings. The predicted octanol–water partition coefficient (Wildman–Crippen LogP) is 4.49. The van der Waals surface area contributed by atoms with Crippen molar-refractivity contribution < 1.29 is 21.6 Å². The predicted molar refractivity (Wildman–Crippen MR) is 99.4 cm³/mol. The zero-order chi connectivity index (χ0) is 20.9. The van der Waals surface area contributed by atoms with Gasteiger partial charge in [0.25, 0.3) is 0 Å². The largest absolute Gasteiger partial charge is 0.433 e. The molecule has 3 rings (SSSR count). The molecule has 0 aliphatic heterocycles. The van der Waals surface area contributed by atoms with Crippen molar-refractivity contribution in [2.75, 3.05) is 0 Å². The van der Waals surface area contributed by atoms with Crippen molar-refractivity contribution in [2.24, 2.45) is 7.05 Å². The van der Waals surface area contributed by atoms with E-state index < -0.39 is 32.4 Å². The maximum Gasteiger partial charge on any atom is 0.433 e. The summed E-state index contributed by atoms with van der Waals surface area (Å²) in [5.74, 6) is 0. The van der Waals surface area contributed by atoms with E-state index >= 15 is 0 Å². The van der Waals surface area contributed by atoms with Gasteiger partial charge in [0.15, 0.2) is 9.84 Å². The number of hydrogen-bond donors (Lipinski definition) is 0. The monoisotopic (exact) mass is 454 g/mol. The average Bonchev–Trinajstić information content (AvgIpc) is 3.11. The molecule has 1 heterocycles. The molecule has 152 valence electrons. The minimum atomic E-state index is -4.76. The summed E-state index contributed by atoms with van der Waals surface area (Å²) in [6.07, 6.45) is -2.21. The summed E-state index contributed by atoms with van der Waals surface area (Å²) in [4.78, 5) is 12.1. The molecule has 0 unspecified atom stereocenters. The minimum absolute atomic E-state index is 0.0836. The third kappa shape index (κ3) is 3.79. The van der Waals surface area contributed by atoms with Crippen LogP contribution in [0.5, 0.6) is 0 Å². The first-order valence-corrected chi connectivity index (χ1v) is 10.6. The molecule has 0 N–H and O–H groups in total.